The molecule has 78 heavy (non-hydrogen) atoms. The number of aliphatic hydroxyl groups excluding tert-OH is 4. The maximum absolute atomic E-state index is 13.1. The number of ketones is 1. The van der Waals surface area contributed by atoms with E-state index in [9.17, 15) is 54.3 Å². The molecular formula is C62H105N5O11. The van der Waals surface area contributed by atoms with E-state index in [-0.39, 0.29) is 53.2 Å². The van der Waals surface area contributed by atoms with E-state index in [0.717, 1.165) is 62.4 Å². The topological polar surface area (TPSA) is 255 Å². The van der Waals surface area contributed by atoms with Gasteiger partial charge in [0.1, 0.15) is 24.2 Å². The van der Waals surface area contributed by atoms with E-state index in [2.05, 4.69) is 42.1 Å². The van der Waals surface area contributed by atoms with Crippen LogP contribution >= 0.6 is 0 Å². The van der Waals surface area contributed by atoms with Gasteiger partial charge < -0.3 is 51.1 Å². The maximum atomic E-state index is 13.1. The molecule has 2 saturated heterocycles. The molecule has 1 aromatic rings. The molecule has 3 amide bonds. The van der Waals surface area contributed by atoms with Crippen LogP contribution < -0.4 is 21.4 Å². The van der Waals surface area contributed by atoms with Crippen molar-refractivity contribution in [1.82, 2.24) is 26.4 Å². The fraction of sp³-hybridized carbons (Fsp3) is 0.710. The van der Waals surface area contributed by atoms with E-state index in [1.54, 1.807) is 13.1 Å². The molecule has 0 bridgehead atoms. The Kier molecular flexibility index (Phi) is 36.4. The quantitative estimate of drug-likeness (QED) is 0.0183. The van der Waals surface area contributed by atoms with Gasteiger partial charge in [-0.3, -0.25) is 24.2 Å². The number of hydrogen-bond acceptors (Lipinski definition) is 12. The molecule has 0 aromatic heterocycles. The number of nitrogens with zero attached hydrogens (tertiary/aromatic N) is 1. The van der Waals surface area contributed by atoms with Crippen LogP contribution in [0.5, 0.6) is 0 Å². The second-order valence-electron chi connectivity index (χ2n) is 22.4. The van der Waals surface area contributed by atoms with Gasteiger partial charge in [-0.15, -0.1) is 0 Å². The number of allylic oxidation sites excluding steroid dienone is 5. The molecule has 16 heteroatoms. The van der Waals surface area contributed by atoms with Gasteiger partial charge in [-0.1, -0.05) is 129 Å². The number of carbonyl (C=O) groups is 6. The van der Waals surface area contributed by atoms with E-state index in [1.165, 1.54) is 11.9 Å². The highest BCUT2D eigenvalue weighted by Gasteiger charge is 2.35. The third-order valence-electron chi connectivity index (χ3n) is 15.4. The van der Waals surface area contributed by atoms with Crippen molar-refractivity contribution in [3.63, 3.8) is 0 Å². The summed E-state index contributed by atoms with van der Waals surface area (Å²) >= 11 is 0. The molecule has 14 atom stereocenters. The Morgan fingerprint density at radius 1 is 0.833 bits per heavy atom. The molecule has 0 spiro atoms. The lowest BCUT2D eigenvalue weighted by atomic mass is 9.81. The first-order chi connectivity index (χ1) is 37.0. The zero-order chi connectivity index (χ0) is 58.9. The molecule has 16 nitrogen and oxygen atoms in total. The number of nitrogens with one attached hydrogen (secondary N) is 4. The van der Waals surface area contributed by atoms with Gasteiger partial charge in [0.05, 0.1) is 30.5 Å². The maximum Gasteiger partial charge on any atom is 0.322 e. The number of benzene rings is 1. The van der Waals surface area contributed by atoms with Gasteiger partial charge in [0.15, 0.2) is 0 Å². The summed E-state index contributed by atoms with van der Waals surface area (Å²) in [6, 6.07) is 7.67. The average molecular weight is 1100 g/mol. The van der Waals surface area contributed by atoms with Gasteiger partial charge in [-0.2, -0.15) is 0 Å². The Morgan fingerprint density at radius 2 is 1.49 bits per heavy atom. The average Bonchev–Trinajstić information content (AvgIpc) is 3.42. The SMILES string of the molecule is CC.CC[C@H]1CCC(C(C)CC(C)CCC(O)C(C)CCC(O)C(O)/C=C(\C)CC/C=C/C=C/CC(C)C(O)C(C=O)CCC(C)=O)NC1=O.CNC(C(=O)NC(Cc1ccccc1)C(=O)N1CCCC(C(=O)O)N1)C(C)C. The lowest BCUT2D eigenvalue weighted by molar-refractivity contribution is -0.149. The minimum atomic E-state index is -0.990. The first kappa shape index (κ1) is 71.4. The summed E-state index contributed by atoms with van der Waals surface area (Å²) < 4.78 is 0. The van der Waals surface area contributed by atoms with Crippen LogP contribution in [-0.4, -0.2) is 128 Å². The highest BCUT2D eigenvalue weighted by molar-refractivity contribution is 5.90. The number of aliphatic carboxylic acids is 1. The van der Waals surface area contributed by atoms with Gasteiger partial charge in [0, 0.05) is 37.3 Å². The Hall–Kier alpha value is -4.58. The molecule has 9 N–H and O–H groups in total. The van der Waals surface area contributed by atoms with E-state index in [0.29, 0.717) is 76.2 Å². The predicted octanol–water partition coefficient (Wildman–Crippen LogP) is 8.21. The number of carbonyl (C=O) groups excluding carboxylic acids is 5. The summed E-state index contributed by atoms with van der Waals surface area (Å²) in [5.74, 6) is -0.897. The molecule has 1 aromatic carbocycles. The number of hydrogen-bond donors (Lipinski definition) is 9. The fourth-order valence-electron chi connectivity index (χ4n) is 10.1. The van der Waals surface area contributed by atoms with E-state index in [4.69, 9.17) is 0 Å². The number of aldehydes is 1. The van der Waals surface area contributed by atoms with Crippen molar-refractivity contribution in [2.24, 2.45) is 41.4 Å². The number of amides is 3. The van der Waals surface area contributed by atoms with Crippen molar-refractivity contribution in [3.05, 3.63) is 71.8 Å². The number of piperidine rings is 1. The van der Waals surface area contributed by atoms with Gasteiger partial charge in [0.25, 0.3) is 5.91 Å². The summed E-state index contributed by atoms with van der Waals surface area (Å²) in [6.07, 6.45) is 18.0. The molecule has 0 radical (unpaired) electrons. The second-order valence-corrected chi connectivity index (χ2v) is 22.4. The van der Waals surface area contributed by atoms with Crippen molar-refractivity contribution in [2.45, 2.75) is 227 Å². The summed E-state index contributed by atoms with van der Waals surface area (Å²) in [6.45, 7) is 22.1. The smallest absolute Gasteiger partial charge is 0.322 e. The van der Waals surface area contributed by atoms with Gasteiger partial charge in [-0.25, -0.2) is 5.43 Å². The summed E-state index contributed by atoms with van der Waals surface area (Å²) in [4.78, 5) is 71.9. The molecule has 0 saturated carbocycles. The van der Waals surface area contributed by atoms with Crippen LogP contribution in [0.3, 0.4) is 0 Å². The van der Waals surface area contributed by atoms with Gasteiger partial charge in [0.2, 0.25) is 11.8 Å². The Balaban J connectivity index is 0.000000855. The lowest BCUT2D eigenvalue weighted by Gasteiger charge is -2.35. The zero-order valence-electron chi connectivity index (χ0n) is 49.7. The minimum Gasteiger partial charge on any atom is -0.480 e. The molecule has 2 aliphatic rings. The molecule has 2 fully saturated rings. The Bertz CT molecular complexity index is 1980. The van der Waals surface area contributed by atoms with Crippen molar-refractivity contribution < 1.29 is 54.3 Å². The summed E-state index contributed by atoms with van der Waals surface area (Å²) in [5.41, 5.74) is 4.68. The number of likely N-dealkylation sites (N-methyl/N-ethyl adjacent to an activating group) is 1. The predicted molar refractivity (Wildman–Crippen MR) is 311 cm³/mol. The third-order valence-corrected chi connectivity index (χ3v) is 15.4. The number of Topliss-reactive ketones (excluding diaryl/α,β-unsaturated/α-hetero) is 1. The van der Waals surface area contributed by atoms with Crippen LogP contribution in [0, 0.1) is 41.4 Å². The van der Waals surface area contributed by atoms with Crippen molar-refractivity contribution >= 4 is 35.8 Å². The number of rotatable bonds is 33. The number of hydrazine groups is 1. The van der Waals surface area contributed by atoms with Crippen LogP contribution in [0.25, 0.3) is 0 Å². The van der Waals surface area contributed by atoms with E-state index < -0.39 is 54.4 Å². The minimum absolute atomic E-state index is 0.0142. The first-order valence-electron chi connectivity index (χ1n) is 29.3. The van der Waals surface area contributed by atoms with Gasteiger partial charge in [-0.05, 0) is 146 Å². The highest BCUT2D eigenvalue weighted by atomic mass is 16.4. The molecule has 2 aliphatic heterocycles. The number of carboxylic acids is 1. The molecule has 13 unspecified atom stereocenters. The van der Waals surface area contributed by atoms with Crippen molar-refractivity contribution in [3.8, 4) is 0 Å². The van der Waals surface area contributed by atoms with Crippen molar-refractivity contribution in [1.29, 1.82) is 0 Å². The van der Waals surface area contributed by atoms with Crippen LogP contribution in [0.2, 0.25) is 0 Å². The summed E-state index contributed by atoms with van der Waals surface area (Å²) in [5, 5.41) is 62.0. The van der Waals surface area contributed by atoms with Crippen LogP contribution in [-0.2, 0) is 35.2 Å². The number of carboxylic acid groups (broad SMARTS) is 1. The normalized spacial score (nSPS) is 21.2. The highest BCUT2D eigenvalue weighted by Crippen LogP contribution is 2.29. The molecule has 444 valence electrons. The second kappa shape index (κ2) is 39.7. The van der Waals surface area contributed by atoms with Crippen molar-refractivity contribution in [2.75, 3.05) is 13.6 Å². The third kappa shape index (κ3) is 27.5. The fourth-order valence-corrected chi connectivity index (χ4v) is 10.1. The monoisotopic (exact) mass is 1100 g/mol. The van der Waals surface area contributed by atoms with Gasteiger partial charge >= 0.3 is 5.97 Å². The van der Waals surface area contributed by atoms with Crippen LogP contribution in [0.15, 0.2) is 66.3 Å². The standard InChI is InChI=1S/C40H69NO7.C20H30N4O4.C2H6/c1-8-33-20-21-35(41-40(33)48)31(6)24-28(3)16-22-36(44)29(4)17-23-37(45)38(46)25-27(2)14-12-10-9-11-13-15-30(5)39(47)34(26-42)19-18-32(7)43;1-13(2)17(21-3)18(25)22-16(12-14-8-5-4-6-9-14)19(26)24-11-7-10-15(23-24)20(27)28;1-2/h9-11,13,25-26,28-31,33-39,44-47H,8,12,14-24H2,1-7H3,(H,41,48);4-6,8-9,13,15-17,21,23H,7,10-12H2,1-3H3,(H,22,25)(H,27,28);1-2H3/b10-9+,13-11+,27-25+;;/t28?,29?,30?,31?,33-,34?,35?,36?,37?,38?,39?;;/m0../s1. The van der Waals surface area contributed by atoms with Crippen LogP contribution in [0.4, 0.5) is 0 Å². The summed E-state index contributed by atoms with van der Waals surface area (Å²) in [7, 11) is 1.71. The molecule has 3 rings (SSSR count). The largest absolute Gasteiger partial charge is 0.480 e. The first-order valence-corrected chi connectivity index (χ1v) is 29.3. The Morgan fingerprint density at radius 3 is 2.08 bits per heavy atom. The Labute approximate surface area is 469 Å². The molecule has 0 aliphatic carbocycles. The van der Waals surface area contributed by atoms with E-state index >= 15 is 0 Å². The van der Waals surface area contributed by atoms with Crippen LogP contribution in [0.1, 0.15) is 178 Å². The van der Waals surface area contributed by atoms with E-state index in [1.807, 2.05) is 103 Å². The molecule has 2 heterocycles. The lowest BCUT2D eigenvalue weighted by Crippen LogP contribution is -2.61. The number of aliphatic hydroxyl groups is 4. The zero-order valence-corrected chi connectivity index (χ0v) is 49.7. The molecular weight excluding hydrogens is 991 g/mol.